The van der Waals surface area contributed by atoms with Crippen molar-refractivity contribution in [3.8, 4) is 5.88 Å². The van der Waals surface area contributed by atoms with Gasteiger partial charge >= 0.3 is 0 Å². The number of hydrogen-bond donors (Lipinski definition) is 1. The predicted molar refractivity (Wildman–Crippen MR) is 91.8 cm³/mol. The Hall–Kier alpha value is -1.62. The summed E-state index contributed by atoms with van der Waals surface area (Å²) >= 11 is 0. The lowest BCUT2D eigenvalue weighted by atomic mass is 9.98. The minimum atomic E-state index is 0.0903. The van der Waals surface area contributed by atoms with Crippen LogP contribution in [0.3, 0.4) is 0 Å². The van der Waals surface area contributed by atoms with E-state index >= 15 is 0 Å². The van der Waals surface area contributed by atoms with Gasteiger partial charge in [0.2, 0.25) is 5.88 Å². The molecule has 24 heavy (non-hydrogen) atoms. The summed E-state index contributed by atoms with van der Waals surface area (Å²) in [5, 5.41) is 0. The number of nitrogens with zero attached hydrogens (tertiary/aromatic N) is 2. The van der Waals surface area contributed by atoms with E-state index in [9.17, 15) is 4.79 Å². The van der Waals surface area contributed by atoms with Crippen molar-refractivity contribution in [3.05, 3.63) is 23.9 Å². The van der Waals surface area contributed by atoms with Gasteiger partial charge in [0.15, 0.2) is 0 Å². The van der Waals surface area contributed by atoms with E-state index in [0.29, 0.717) is 23.3 Å². The normalized spacial score (nSPS) is 30.4. The zero-order valence-electron chi connectivity index (χ0n) is 14.2. The molecule has 3 fully saturated rings. The zero-order valence-corrected chi connectivity index (χ0v) is 14.2. The molecule has 0 spiro atoms. The van der Waals surface area contributed by atoms with Gasteiger partial charge in [-0.1, -0.05) is 6.42 Å². The summed E-state index contributed by atoms with van der Waals surface area (Å²) in [4.78, 5) is 19.1. The van der Waals surface area contributed by atoms with Crippen LogP contribution in [0.2, 0.25) is 0 Å². The number of carbonyl (C=O) groups is 1. The molecule has 2 saturated carbocycles. The van der Waals surface area contributed by atoms with E-state index < -0.39 is 0 Å². The van der Waals surface area contributed by atoms with Gasteiger partial charge < -0.3 is 15.4 Å². The van der Waals surface area contributed by atoms with Gasteiger partial charge in [0.1, 0.15) is 6.10 Å². The number of fused-ring (bicyclic) bond motifs is 1. The van der Waals surface area contributed by atoms with Crippen LogP contribution in [0.5, 0.6) is 5.88 Å². The molecule has 1 saturated heterocycles. The minimum absolute atomic E-state index is 0.0903. The van der Waals surface area contributed by atoms with E-state index in [1.807, 2.05) is 11.0 Å². The highest BCUT2D eigenvalue weighted by Gasteiger charge is 2.42. The third-order valence-corrected chi connectivity index (χ3v) is 6.02. The van der Waals surface area contributed by atoms with Crippen molar-refractivity contribution in [2.45, 2.75) is 57.1 Å². The molecule has 2 N–H and O–H groups in total. The van der Waals surface area contributed by atoms with Crippen molar-refractivity contribution in [1.29, 1.82) is 0 Å². The first-order valence-electron chi connectivity index (χ1n) is 9.38. The van der Waals surface area contributed by atoms with E-state index in [-0.39, 0.29) is 18.1 Å². The average Bonchev–Trinajstić information content (AvgIpc) is 3.18. The van der Waals surface area contributed by atoms with Crippen LogP contribution in [0, 0.1) is 11.8 Å². The Morgan fingerprint density at radius 2 is 2.00 bits per heavy atom. The lowest BCUT2D eigenvalue weighted by molar-refractivity contribution is 0.0778. The Balaban J connectivity index is 1.42. The second kappa shape index (κ2) is 6.71. The number of rotatable bonds is 3. The van der Waals surface area contributed by atoms with Crippen LogP contribution in [0.15, 0.2) is 18.3 Å². The Morgan fingerprint density at radius 1 is 1.17 bits per heavy atom. The van der Waals surface area contributed by atoms with Gasteiger partial charge in [0, 0.05) is 37.0 Å². The Labute approximate surface area is 143 Å². The maximum Gasteiger partial charge on any atom is 0.254 e. The van der Waals surface area contributed by atoms with Crippen LogP contribution < -0.4 is 10.5 Å². The number of carbonyl (C=O) groups excluding carboxylic acids is 1. The van der Waals surface area contributed by atoms with Crippen LogP contribution in [-0.2, 0) is 0 Å². The Morgan fingerprint density at radius 3 is 2.79 bits per heavy atom. The molecule has 1 aromatic heterocycles. The number of hydrogen-bond acceptors (Lipinski definition) is 4. The van der Waals surface area contributed by atoms with Crippen molar-refractivity contribution in [2.24, 2.45) is 17.6 Å². The van der Waals surface area contributed by atoms with Crippen molar-refractivity contribution in [2.75, 3.05) is 13.1 Å². The fraction of sp³-hybridized carbons (Fsp3) is 0.684. The molecular formula is C19H27N3O2. The van der Waals surface area contributed by atoms with E-state index in [1.54, 1.807) is 12.3 Å². The van der Waals surface area contributed by atoms with Gasteiger partial charge in [-0.2, -0.15) is 0 Å². The molecular weight excluding hydrogens is 302 g/mol. The van der Waals surface area contributed by atoms with Crippen molar-refractivity contribution < 1.29 is 9.53 Å². The Bertz CT molecular complexity index is 600. The predicted octanol–water partition coefficient (Wildman–Crippen LogP) is 2.60. The van der Waals surface area contributed by atoms with Gasteiger partial charge in [-0.25, -0.2) is 4.98 Å². The molecule has 2 heterocycles. The molecule has 130 valence electrons. The molecule has 5 heteroatoms. The van der Waals surface area contributed by atoms with E-state index in [0.717, 1.165) is 38.8 Å². The molecule has 3 aliphatic rings. The number of pyridine rings is 1. The SMILES string of the molecule is NC1CCC2CN(C(=O)c3ccnc(OC4CCCCC4)c3)CC12. The molecule has 4 rings (SSSR count). The quantitative estimate of drug-likeness (QED) is 0.925. The molecule has 3 unspecified atom stereocenters. The Kier molecular flexibility index (Phi) is 4.44. The zero-order chi connectivity index (χ0) is 16.5. The smallest absolute Gasteiger partial charge is 0.254 e. The van der Waals surface area contributed by atoms with Crippen LogP contribution >= 0.6 is 0 Å². The summed E-state index contributed by atoms with van der Waals surface area (Å²) in [5.41, 5.74) is 6.87. The molecule has 0 bridgehead atoms. The first-order chi connectivity index (χ1) is 11.7. The summed E-state index contributed by atoms with van der Waals surface area (Å²) in [6.07, 6.45) is 10.1. The van der Waals surface area contributed by atoms with Crippen LogP contribution in [0.4, 0.5) is 0 Å². The lowest BCUT2D eigenvalue weighted by Crippen LogP contribution is -2.33. The molecule has 0 radical (unpaired) electrons. The van der Waals surface area contributed by atoms with Crippen LogP contribution in [-0.4, -0.2) is 41.0 Å². The number of amides is 1. The number of nitrogens with two attached hydrogens (primary N) is 1. The van der Waals surface area contributed by atoms with E-state index in [2.05, 4.69) is 4.98 Å². The van der Waals surface area contributed by atoms with Crippen molar-refractivity contribution >= 4 is 5.91 Å². The summed E-state index contributed by atoms with van der Waals surface area (Å²) in [6, 6.07) is 3.87. The molecule has 3 atom stereocenters. The molecule has 5 nitrogen and oxygen atoms in total. The van der Waals surface area contributed by atoms with E-state index in [1.165, 1.54) is 19.3 Å². The van der Waals surface area contributed by atoms with Crippen molar-refractivity contribution in [1.82, 2.24) is 9.88 Å². The topological polar surface area (TPSA) is 68.5 Å². The fourth-order valence-corrected chi connectivity index (χ4v) is 4.62. The van der Waals surface area contributed by atoms with E-state index in [4.69, 9.17) is 10.5 Å². The lowest BCUT2D eigenvalue weighted by Gasteiger charge is -2.23. The van der Waals surface area contributed by atoms with Crippen LogP contribution in [0.25, 0.3) is 0 Å². The fourth-order valence-electron chi connectivity index (χ4n) is 4.62. The molecule has 1 aliphatic heterocycles. The number of likely N-dealkylation sites (tertiary alicyclic amines) is 1. The molecule has 2 aliphatic carbocycles. The average molecular weight is 329 g/mol. The van der Waals surface area contributed by atoms with Gasteiger partial charge in [0.25, 0.3) is 5.91 Å². The van der Waals surface area contributed by atoms with Gasteiger partial charge in [-0.05, 0) is 56.4 Å². The maximum atomic E-state index is 12.8. The monoisotopic (exact) mass is 329 g/mol. The summed E-state index contributed by atoms with van der Waals surface area (Å²) < 4.78 is 6.00. The van der Waals surface area contributed by atoms with Crippen LogP contribution in [0.1, 0.15) is 55.3 Å². The molecule has 0 aromatic carbocycles. The first kappa shape index (κ1) is 15.9. The number of aromatic nitrogens is 1. The highest BCUT2D eigenvalue weighted by molar-refractivity contribution is 5.94. The summed E-state index contributed by atoms with van der Waals surface area (Å²) in [7, 11) is 0. The third kappa shape index (κ3) is 3.14. The maximum absolute atomic E-state index is 12.8. The standard InChI is InChI=1S/C19H27N3O2/c20-17-7-6-14-11-22(12-16(14)17)19(23)13-8-9-21-18(10-13)24-15-4-2-1-3-5-15/h8-10,14-17H,1-7,11-12,20H2. The third-order valence-electron chi connectivity index (χ3n) is 6.02. The second-order valence-corrected chi connectivity index (χ2v) is 7.64. The van der Waals surface area contributed by atoms with Gasteiger partial charge in [-0.3, -0.25) is 4.79 Å². The molecule has 1 aromatic rings. The highest BCUT2D eigenvalue weighted by Crippen LogP contribution is 2.37. The van der Waals surface area contributed by atoms with Crippen molar-refractivity contribution in [3.63, 3.8) is 0 Å². The van der Waals surface area contributed by atoms with Gasteiger partial charge in [0.05, 0.1) is 0 Å². The largest absolute Gasteiger partial charge is 0.474 e. The molecule has 1 amide bonds. The summed E-state index contributed by atoms with van der Waals surface area (Å²) in [6.45, 7) is 1.64. The van der Waals surface area contributed by atoms with Gasteiger partial charge in [-0.15, -0.1) is 0 Å². The highest BCUT2D eigenvalue weighted by atomic mass is 16.5. The minimum Gasteiger partial charge on any atom is -0.474 e. The second-order valence-electron chi connectivity index (χ2n) is 7.64. The summed E-state index contributed by atoms with van der Waals surface area (Å²) in [5.74, 6) is 1.74. The first-order valence-corrected chi connectivity index (χ1v) is 9.38. The number of ether oxygens (including phenoxy) is 1.